The van der Waals surface area contributed by atoms with Crippen LogP contribution in [0.25, 0.3) is 0 Å². The largest absolute Gasteiger partial charge is 0.364 e. The van der Waals surface area contributed by atoms with E-state index in [1.165, 1.54) is 0 Å². The van der Waals surface area contributed by atoms with E-state index in [9.17, 15) is 0 Å². The molecule has 0 aromatic heterocycles. The Bertz CT molecular complexity index is 80.9. The van der Waals surface area contributed by atoms with Gasteiger partial charge < -0.3 is 5.32 Å². The smallest absolute Gasteiger partial charge is 0.107 e. The van der Waals surface area contributed by atoms with Crippen molar-refractivity contribution in [3.05, 3.63) is 15.9 Å². The lowest BCUT2D eigenvalue weighted by molar-refractivity contribution is 1.17. The molecule has 1 N–H and O–H groups in total. The predicted octanol–water partition coefficient (Wildman–Crippen LogP) is 1.64. The van der Waals surface area contributed by atoms with E-state index < -0.39 is 0 Å². The standard InChI is InChI=1S/C3H3BrNS/c4-3-1-6-2-5-3/h1-2,5H. The maximum Gasteiger partial charge on any atom is 0.107 e. The number of hydrogen-bond acceptors (Lipinski definition) is 2. The Morgan fingerprint density at radius 3 is 2.83 bits per heavy atom. The Kier molecular flexibility index (Phi) is 1.42. The minimum atomic E-state index is 1.05. The summed E-state index contributed by atoms with van der Waals surface area (Å²) in [7, 11) is 0. The molecule has 0 aliphatic carbocycles. The lowest BCUT2D eigenvalue weighted by Crippen LogP contribution is -1.93. The summed E-state index contributed by atoms with van der Waals surface area (Å²) in [6.45, 7) is 0. The normalized spacial score (nSPS) is 19.8. The van der Waals surface area contributed by atoms with Crippen LogP contribution in [0.15, 0.2) is 10.0 Å². The van der Waals surface area contributed by atoms with Crippen molar-refractivity contribution in [2.24, 2.45) is 0 Å². The molecular formula is C3H3BrNS. The molecule has 1 heterocycles. The van der Waals surface area contributed by atoms with Crippen LogP contribution in [0.1, 0.15) is 0 Å². The van der Waals surface area contributed by atoms with Gasteiger partial charge in [0.25, 0.3) is 0 Å². The topological polar surface area (TPSA) is 12.0 Å². The Morgan fingerprint density at radius 1 is 1.83 bits per heavy atom. The molecule has 1 aliphatic rings. The average molecular weight is 165 g/mol. The highest BCUT2D eigenvalue weighted by Gasteiger charge is 1.95. The molecular weight excluding hydrogens is 162 g/mol. The third-order valence-electron chi connectivity index (χ3n) is 0.436. The van der Waals surface area contributed by atoms with Crippen LogP contribution in [0.5, 0.6) is 0 Å². The van der Waals surface area contributed by atoms with Gasteiger partial charge in [-0.3, -0.25) is 0 Å². The Morgan fingerprint density at radius 2 is 2.67 bits per heavy atom. The second-order valence-corrected chi connectivity index (χ2v) is 2.46. The molecule has 0 fully saturated rings. The van der Waals surface area contributed by atoms with E-state index in [1.54, 1.807) is 11.8 Å². The quantitative estimate of drug-likeness (QED) is 0.547. The SMILES string of the molecule is BrC1=CS[CH]N1. The number of rotatable bonds is 0. The zero-order chi connectivity index (χ0) is 4.41. The van der Waals surface area contributed by atoms with Gasteiger partial charge in [0.2, 0.25) is 0 Å². The summed E-state index contributed by atoms with van der Waals surface area (Å²) in [5.74, 6) is 1.91. The van der Waals surface area contributed by atoms with Gasteiger partial charge in [-0.1, -0.05) is 0 Å². The third-order valence-corrected chi connectivity index (χ3v) is 1.82. The van der Waals surface area contributed by atoms with Crippen molar-refractivity contribution in [3.63, 3.8) is 0 Å². The minimum Gasteiger partial charge on any atom is -0.364 e. The van der Waals surface area contributed by atoms with Crippen LogP contribution in [-0.4, -0.2) is 0 Å². The van der Waals surface area contributed by atoms with Crippen LogP contribution in [0.4, 0.5) is 0 Å². The summed E-state index contributed by atoms with van der Waals surface area (Å²) in [4.78, 5) is 0. The fourth-order valence-electron chi connectivity index (χ4n) is 0.218. The Labute approximate surface area is 49.3 Å². The van der Waals surface area contributed by atoms with Gasteiger partial charge in [0.05, 0.1) is 4.61 Å². The van der Waals surface area contributed by atoms with E-state index in [0.29, 0.717) is 0 Å². The molecule has 0 aromatic rings. The van der Waals surface area contributed by atoms with E-state index >= 15 is 0 Å². The molecule has 0 saturated heterocycles. The first kappa shape index (κ1) is 4.53. The van der Waals surface area contributed by atoms with E-state index in [1.807, 2.05) is 11.3 Å². The van der Waals surface area contributed by atoms with Crippen molar-refractivity contribution < 1.29 is 0 Å². The molecule has 0 spiro atoms. The minimum absolute atomic E-state index is 1.05. The molecule has 1 aliphatic heterocycles. The molecule has 1 rings (SSSR count). The Balaban J connectivity index is 2.45. The fraction of sp³-hybridized carbons (Fsp3) is 0. The van der Waals surface area contributed by atoms with Crippen molar-refractivity contribution in [3.8, 4) is 0 Å². The molecule has 0 aromatic carbocycles. The van der Waals surface area contributed by atoms with Crippen molar-refractivity contribution in [2.45, 2.75) is 0 Å². The molecule has 0 atom stereocenters. The van der Waals surface area contributed by atoms with Gasteiger partial charge in [-0.2, -0.15) is 0 Å². The van der Waals surface area contributed by atoms with Gasteiger partial charge >= 0.3 is 0 Å². The number of nitrogens with one attached hydrogen (secondary N) is 1. The molecule has 0 bridgehead atoms. The van der Waals surface area contributed by atoms with Gasteiger partial charge in [0.15, 0.2) is 0 Å². The van der Waals surface area contributed by atoms with Crippen LogP contribution in [0.2, 0.25) is 0 Å². The zero-order valence-corrected chi connectivity index (χ0v) is 5.34. The second-order valence-electron chi connectivity index (χ2n) is 0.864. The summed E-state index contributed by atoms with van der Waals surface area (Å²) < 4.78 is 1.05. The molecule has 3 heteroatoms. The summed E-state index contributed by atoms with van der Waals surface area (Å²) in [6, 6.07) is 0. The van der Waals surface area contributed by atoms with Crippen LogP contribution in [0, 0.1) is 5.88 Å². The maximum atomic E-state index is 3.24. The molecule has 33 valence electrons. The van der Waals surface area contributed by atoms with Gasteiger partial charge in [-0.15, -0.1) is 11.8 Å². The molecule has 1 radical (unpaired) electrons. The number of thioether (sulfide) groups is 1. The summed E-state index contributed by atoms with van der Waals surface area (Å²) in [5.41, 5.74) is 0. The van der Waals surface area contributed by atoms with Crippen molar-refractivity contribution in [2.75, 3.05) is 0 Å². The first-order valence-corrected chi connectivity index (χ1v) is 3.22. The maximum absolute atomic E-state index is 3.24. The summed E-state index contributed by atoms with van der Waals surface area (Å²) >= 11 is 4.87. The van der Waals surface area contributed by atoms with Gasteiger partial charge in [0.1, 0.15) is 5.88 Å². The van der Waals surface area contributed by atoms with E-state index in [2.05, 4.69) is 21.2 Å². The lowest BCUT2D eigenvalue weighted by Gasteiger charge is -1.84. The third kappa shape index (κ3) is 0.914. The van der Waals surface area contributed by atoms with Crippen LogP contribution in [0.3, 0.4) is 0 Å². The van der Waals surface area contributed by atoms with Crippen molar-refractivity contribution in [1.82, 2.24) is 5.32 Å². The first-order chi connectivity index (χ1) is 2.89. The van der Waals surface area contributed by atoms with Crippen LogP contribution >= 0.6 is 27.7 Å². The van der Waals surface area contributed by atoms with Gasteiger partial charge in [-0.05, 0) is 15.9 Å². The molecule has 6 heavy (non-hydrogen) atoms. The first-order valence-electron chi connectivity index (χ1n) is 1.49. The second kappa shape index (κ2) is 1.89. The zero-order valence-electron chi connectivity index (χ0n) is 2.94. The molecule has 0 saturated carbocycles. The van der Waals surface area contributed by atoms with E-state index in [-0.39, 0.29) is 0 Å². The highest BCUT2D eigenvalue weighted by molar-refractivity contribution is 9.11. The molecule has 0 amide bonds. The Hall–Kier alpha value is 0.370. The fourth-order valence-corrected chi connectivity index (χ4v) is 1.26. The highest BCUT2D eigenvalue weighted by atomic mass is 79.9. The summed E-state index contributed by atoms with van der Waals surface area (Å²) in [6.07, 6.45) is 0. The van der Waals surface area contributed by atoms with Crippen molar-refractivity contribution >= 4 is 27.7 Å². The predicted molar refractivity (Wildman–Crippen MR) is 32.0 cm³/mol. The van der Waals surface area contributed by atoms with Crippen molar-refractivity contribution in [1.29, 1.82) is 0 Å². The van der Waals surface area contributed by atoms with E-state index in [4.69, 9.17) is 0 Å². The van der Waals surface area contributed by atoms with Crippen LogP contribution < -0.4 is 5.32 Å². The average Bonchev–Trinajstić information content (AvgIpc) is 1.86. The lowest BCUT2D eigenvalue weighted by atomic mass is 11.0. The number of hydrogen-bond donors (Lipinski definition) is 1. The summed E-state index contributed by atoms with van der Waals surface area (Å²) in [5, 5.41) is 4.92. The molecule has 1 nitrogen and oxygen atoms in total. The van der Waals surface area contributed by atoms with E-state index in [0.717, 1.165) is 4.61 Å². The van der Waals surface area contributed by atoms with Crippen LogP contribution in [-0.2, 0) is 0 Å². The van der Waals surface area contributed by atoms with Gasteiger partial charge in [0, 0.05) is 5.41 Å². The van der Waals surface area contributed by atoms with Gasteiger partial charge in [-0.25, -0.2) is 0 Å². The number of halogens is 1. The monoisotopic (exact) mass is 164 g/mol. The highest BCUT2D eigenvalue weighted by Crippen LogP contribution is 2.19. The molecule has 0 unspecified atom stereocenters.